The Hall–Kier alpha value is -2.53. The minimum atomic E-state index is 0.891. The van der Waals surface area contributed by atoms with E-state index in [4.69, 9.17) is 4.98 Å². The van der Waals surface area contributed by atoms with Gasteiger partial charge in [0.1, 0.15) is 5.82 Å². The van der Waals surface area contributed by atoms with Crippen molar-refractivity contribution in [2.45, 2.75) is 6.42 Å². The van der Waals surface area contributed by atoms with E-state index in [0.717, 1.165) is 47.4 Å². The molecule has 0 fully saturated rings. The summed E-state index contributed by atoms with van der Waals surface area (Å²) in [5.41, 5.74) is 1.99. The van der Waals surface area contributed by atoms with Crippen LogP contribution in [-0.2, 0) is 0 Å². The Morgan fingerprint density at radius 2 is 1.83 bits per heavy atom. The van der Waals surface area contributed by atoms with Crippen LogP contribution in [0.2, 0.25) is 0 Å². The van der Waals surface area contributed by atoms with Crippen molar-refractivity contribution in [1.29, 1.82) is 0 Å². The highest BCUT2D eigenvalue weighted by Gasteiger charge is 2.07. The summed E-state index contributed by atoms with van der Waals surface area (Å²) in [6, 6.07) is 8.02. The summed E-state index contributed by atoms with van der Waals surface area (Å²) in [6.07, 6.45) is 8.33. The lowest BCUT2D eigenvalue weighted by Crippen LogP contribution is -2.16. The van der Waals surface area contributed by atoms with Crippen molar-refractivity contribution in [1.82, 2.24) is 19.9 Å². The van der Waals surface area contributed by atoms with Gasteiger partial charge in [0.05, 0.1) is 5.69 Å². The van der Waals surface area contributed by atoms with Crippen LogP contribution in [0.4, 0.5) is 5.82 Å². The topological polar surface area (TPSA) is 53.9 Å². The van der Waals surface area contributed by atoms with Crippen LogP contribution in [0.25, 0.3) is 22.0 Å². The van der Waals surface area contributed by atoms with Gasteiger partial charge in [-0.25, -0.2) is 4.98 Å². The molecule has 0 amide bonds. The minimum Gasteiger partial charge on any atom is -0.369 e. The Balaban J connectivity index is 1.91. The molecule has 3 heterocycles. The third-order valence-electron chi connectivity index (χ3n) is 3.68. The van der Waals surface area contributed by atoms with Crippen molar-refractivity contribution in [3.8, 4) is 11.3 Å². The molecule has 0 aliphatic rings. The van der Waals surface area contributed by atoms with Gasteiger partial charge in [-0.3, -0.25) is 9.97 Å². The lowest BCUT2D eigenvalue weighted by Gasteiger charge is -2.13. The van der Waals surface area contributed by atoms with E-state index in [2.05, 4.69) is 40.3 Å². The predicted octanol–water partition coefficient (Wildman–Crippen LogP) is 3.06. The quantitative estimate of drug-likeness (QED) is 0.709. The van der Waals surface area contributed by atoms with E-state index in [1.165, 1.54) is 0 Å². The summed E-state index contributed by atoms with van der Waals surface area (Å²) < 4.78 is 0. The van der Waals surface area contributed by atoms with Crippen molar-refractivity contribution < 1.29 is 0 Å². The Labute approximate surface area is 136 Å². The molecular formula is C18H21N5. The first kappa shape index (κ1) is 15.4. The maximum atomic E-state index is 4.81. The second-order valence-electron chi connectivity index (χ2n) is 5.77. The van der Waals surface area contributed by atoms with Gasteiger partial charge < -0.3 is 10.2 Å². The minimum absolute atomic E-state index is 0.891. The lowest BCUT2D eigenvalue weighted by atomic mass is 10.1. The van der Waals surface area contributed by atoms with E-state index >= 15 is 0 Å². The first-order valence-corrected chi connectivity index (χ1v) is 7.78. The molecule has 0 saturated carbocycles. The normalized spacial score (nSPS) is 11.1. The van der Waals surface area contributed by atoms with Crippen LogP contribution >= 0.6 is 0 Å². The fourth-order valence-electron chi connectivity index (χ4n) is 2.50. The van der Waals surface area contributed by atoms with Gasteiger partial charge in [0.15, 0.2) is 0 Å². The molecule has 5 nitrogen and oxygen atoms in total. The standard InChI is InChI=1S/C18H21N5/c1-23(2)11-3-7-21-18-16-6-10-20-13-15(16)12-17(22-18)14-4-8-19-9-5-14/h4-6,8-10,12-13H,3,7,11H2,1-2H3,(H,21,22). The van der Waals surface area contributed by atoms with Gasteiger partial charge in [-0.2, -0.15) is 0 Å². The molecule has 0 saturated heterocycles. The molecule has 0 aromatic carbocycles. The number of nitrogens with one attached hydrogen (secondary N) is 1. The van der Waals surface area contributed by atoms with Gasteiger partial charge in [0, 0.05) is 47.7 Å². The van der Waals surface area contributed by atoms with Crippen LogP contribution in [0.1, 0.15) is 6.42 Å². The molecular weight excluding hydrogens is 286 g/mol. The molecule has 1 N–H and O–H groups in total. The van der Waals surface area contributed by atoms with Gasteiger partial charge in [-0.05, 0) is 51.3 Å². The number of aromatic nitrogens is 3. The molecule has 3 aromatic heterocycles. The smallest absolute Gasteiger partial charge is 0.134 e. The Morgan fingerprint density at radius 3 is 2.61 bits per heavy atom. The average molecular weight is 307 g/mol. The zero-order chi connectivity index (χ0) is 16.1. The molecule has 0 unspecified atom stereocenters. The highest BCUT2D eigenvalue weighted by atomic mass is 15.1. The van der Waals surface area contributed by atoms with E-state index in [1.807, 2.05) is 24.4 Å². The molecule has 3 rings (SSSR count). The fraction of sp³-hybridized carbons (Fsp3) is 0.278. The van der Waals surface area contributed by atoms with Gasteiger partial charge >= 0.3 is 0 Å². The van der Waals surface area contributed by atoms with Crippen LogP contribution in [-0.4, -0.2) is 47.0 Å². The zero-order valence-electron chi connectivity index (χ0n) is 13.5. The third-order valence-corrected chi connectivity index (χ3v) is 3.68. The summed E-state index contributed by atoms with van der Waals surface area (Å²) in [4.78, 5) is 15.3. The van der Waals surface area contributed by atoms with E-state index in [-0.39, 0.29) is 0 Å². The number of hydrogen-bond acceptors (Lipinski definition) is 5. The van der Waals surface area contributed by atoms with Crippen LogP contribution in [0, 0.1) is 0 Å². The number of fused-ring (bicyclic) bond motifs is 1. The second-order valence-corrected chi connectivity index (χ2v) is 5.77. The molecule has 118 valence electrons. The molecule has 0 aliphatic heterocycles. The zero-order valence-corrected chi connectivity index (χ0v) is 13.5. The Bertz CT molecular complexity index is 771. The van der Waals surface area contributed by atoms with Crippen molar-refractivity contribution in [2.75, 3.05) is 32.5 Å². The SMILES string of the molecule is CN(C)CCCNc1nc(-c2ccncc2)cc2cnccc12. The van der Waals surface area contributed by atoms with Crippen molar-refractivity contribution >= 4 is 16.6 Å². The summed E-state index contributed by atoms with van der Waals surface area (Å²) in [5.74, 6) is 0.912. The number of hydrogen-bond donors (Lipinski definition) is 1. The van der Waals surface area contributed by atoms with Gasteiger partial charge in [-0.15, -0.1) is 0 Å². The fourth-order valence-corrected chi connectivity index (χ4v) is 2.50. The summed E-state index contributed by atoms with van der Waals surface area (Å²) in [5, 5.41) is 5.66. The monoisotopic (exact) mass is 307 g/mol. The molecule has 0 aliphatic carbocycles. The van der Waals surface area contributed by atoms with Crippen LogP contribution in [0.5, 0.6) is 0 Å². The molecule has 0 bridgehead atoms. The Kier molecular flexibility index (Phi) is 4.78. The second kappa shape index (κ2) is 7.15. The number of nitrogens with zero attached hydrogens (tertiary/aromatic N) is 4. The number of rotatable bonds is 6. The predicted molar refractivity (Wildman–Crippen MR) is 94.4 cm³/mol. The molecule has 23 heavy (non-hydrogen) atoms. The van der Waals surface area contributed by atoms with Gasteiger partial charge in [0.25, 0.3) is 0 Å². The first-order chi connectivity index (χ1) is 11.2. The molecule has 0 radical (unpaired) electrons. The van der Waals surface area contributed by atoms with Crippen molar-refractivity contribution in [3.63, 3.8) is 0 Å². The maximum absolute atomic E-state index is 4.81. The molecule has 3 aromatic rings. The average Bonchev–Trinajstić information content (AvgIpc) is 2.59. The summed E-state index contributed by atoms with van der Waals surface area (Å²) >= 11 is 0. The molecule has 5 heteroatoms. The van der Waals surface area contributed by atoms with Gasteiger partial charge in [0.2, 0.25) is 0 Å². The highest BCUT2D eigenvalue weighted by Crippen LogP contribution is 2.26. The van der Waals surface area contributed by atoms with Crippen LogP contribution in [0.3, 0.4) is 0 Å². The Morgan fingerprint density at radius 1 is 1.04 bits per heavy atom. The highest BCUT2D eigenvalue weighted by molar-refractivity contribution is 5.93. The largest absolute Gasteiger partial charge is 0.369 e. The van der Waals surface area contributed by atoms with E-state index in [9.17, 15) is 0 Å². The van der Waals surface area contributed by atoms with Crippen LogP contribution in [0.15, 0.2) is 49.1 Å². The lowest BCUT2D eigenvalue weighted by molar-refractivity contribution is 0.405. The van der Waals surface area contributed by atoms with E-state index in [1.54, 1.807) is 18.6 Å². The van der Waals surface area contributed by atoms with Crippen LogP contribution < -0.4 is 5.32 Å². The third kappa shape index (κ3) is 3.81. The molecule has 0 spiro atoms. The maximum Gasteiger partial charge on any atom is 0.134 e. The van der Waals surface area contributed by atoms with Crippen molar-refractivity contribution in [3.05, 3.63) is 49.1 Å². The number of pyridine rings is 3. The molecule has 0 atom stereocenters. The van der Waals surface area contributed by atoms with Gasteiger partial charge in [-0.1, -0.05) is 0 Å². The first-order valence-electron chi connectivity index (χ1n) is 7.78. The number of anilines is 1. The summed E-state index contributed by atoms with van der Waals surface area (Å²) in [6.45, 7) is 1.94. The van der Waals surface area contributed by atoms with E-state index in [0.29, 0.717) is 0 Å². The summed E-state index contributed by atoms with van der Waals surface area (Å²) in [7, 11) is 4.17. The van der Waals surface area contributed by atoms with Crippen molar-refractivity contribution in [2.24, 2.45) is 0 Å². The van der Waals surface area contributed by atoms with E-state index < -0.39 is 0 Å².